The minimum Gasteiger partial charge on any atom is -0.549 e. The van der Waals surface area contributed by atoms with Gasteiger partial charge in [-0.1, -0.05) is 11.8 Å². The molecule has 0 aliphatic heterocycles. The average Bonchev–Trinajstić information content (AvgIpc) is 2.78. The average molecular weight is 267 g/mol. The van der Waals surface area contributed by atoms with Crippen molar-refractivity contribution in [2.24, 2.45) is 0 Å². The molecule has 94 valence electrons. The highest BCUT2D eigenvalue weighted by molar-refractivity contribution is 8.00. The Bertz CT molecular complexity index is 556. The van der Waals surface area contributed by atoms with Gasteiger partial charge in [0.25, 0.3) is 5.22 Å². The molecule has 1 atom stereocenters. The van der Waals surface area contributed by atoms with Gasteiger partial charge >= 0.3 is 0 Å². The van der Waals surface area contributed by atoms with Gasteiger partial charge in [-0.25, -0.2) is 4.39 Å². The first kappa shape index (κ1) is 12.6. The quantitative estimate of drug-likeness (QED) is 0.772. The van der Waals surface area contributed by atoms with Gasteiger partial charge in [0, 0.05) is 5.56 Å². The summed E-state index contributed by atoms with van der Waals surface area (Å²) in [6.45, 7) is 1.46. The summed E-state index contributed by atoms with van der Waals surface area (Å²) in [5.41, 5.74) is 0.567. The molecule has 0 aliphatic carbocycles. The van der Waals surface area contributed by atoms with E-state index >= 15 is 0 Å². The smallest absolute Gasteiger partial charge is 0.277 e. The van der Waals surface area contributed by atoms with Crippen molar-refractivity contribution in [3.05, 3.63) is 30.1 Å². The van der Waals surface area contributed by atoms with E-state index in [4.69, 9.17) is 4.42 Å². The van der Waals surface area contributed by atoms with Gasteiger partial charge in [-0.15, -0.1) is 10.2 Å². The normalized spacial score (nSPS) is 12.3. The number of aliphatic carboxylic acids is 1. The number of rotatable bonds is 4. The molecule has 1 aromatic carbocycles. The summed E-state index contributed by atoms with van der Waals surface area (Å²) >= 11 is 0.894. The van der Waals surface area contributed by atoms with Gasteiger partial charge in [-0.05, 0) is 31.2 Å². The van der Waals surface area contributed by atoms with Gasteiger partial charge in [0.05, 0.1) is 11.2 Å². The Labute approximate surface area is 106 Å². The van der Waals surface area contributed by atoms with Crippen LogP contribution in [0.25, 0.3) is 11.5 Å². The molecule has 1 aromatic heterocycles. The van der Waals surface area contributed by atoms with Crippen LogP contribution in [0.4, 0.5) is 4.39 Å². The number of carboxylic acids is 1. The fourth-order valence-electron chi connectivity index (χ4n) is 1.17. The number of carbonyl (C=O) groups excluding carboxylic acids is 1. The van der Waals surface area contributed by atoms with Crippen LogP contribution in [-0.2, 0) is 4.79 Å². The molecule has 0 amide bonds. The van der Waals surface area contributed by atoms with Crippen LogP contribution in [0.3, 0.4) is 0 Å². The third-order valence-electron chi connectivity index (χ3n) is 2.11. The van der Waals surface area contributed by atoms with E-state index in [0.717, 1.165) is 11.8 Å². The minimum atomic E-state index is -1.21. The van der Waals surface area contributed by atoms with Crippen LogP contribution in [-0.4, -0.2) is 21.4 Å². The van der Waals surface area contributed by atoms with Crippen LogP contribution in [0.2, 0.25) is 0 Å². The summed E-state index contributed by atoms with van der Waals surface area (Å²) in [5, 5.41) is 17.4. The van der Waals surface area contributed by atoms with Crippen LogP contribution >= 0.6 is 11.8 Å². The Morgan fingerprint density at radius 2 is 2.06 bits per heavy atom. The number of carbonyl (C=O) groups is 1. The van der Waals surface area contributed by atoms with E-state index in [1.807, 2.05) is 0 Å². The first-order chi connectivity index (χ1) is 8.56. The lowest BCUT2D eigenvalue weighted by molar-refractivity contribution is -0.304. The maximum atomic E-state index is 12.7. The number of thioether (sulfide) groups is 1. The molecule has 0 radical (unpaired) electrons. The second-order valence-corrected chi connectivity index (χ2v) is 4.75. The summed E-state index contributed by atoms with van der Waals surface area (Å²) in [5.74, 6) is -1.36. The van der Waals surface area contributed by atoms with Crippen molar-refractivity contribution >= 4 is 17.7 Å². The van der Waals surface area contributed by atoms with Crippen molar-refractivity contribution in [2.45, 2.75) is 17.4 Å². The first-order valence-electron chi connectivity index (χ1n) is 5.03. The second-order valence-electron chi connectivity index (χ2n) is 3.46. The van der Waals surface area contributed by atoms with Gasteiger partial charge in [0.15, 0.2) is 0 Å². The zero-order valence-corrected chi connectivity index (χ0v) is 10.1. The number of hydrogen-bond acceptors (Lipinski definition) is 6. The fraction of sp³-hybridized carbons (Fsp3) is 0.182. The second kappa shape index (κ2) is 5.18. The van der Waals surface area contributed by atoms with Crippen molar-refractivity contribution in [1.29, 1.82) is 0 Å². The molecule has 18 heavy (non-hydrogen) atoms. The zero-order valence-electron chi connectivity index (χ0n) is 9.29. The van der Waals surface area contributed by atoms with Gasteiger partial charge in [0.2, 0.25) is 5.89 Å². The van der Waals surface area contributed by atoms with E-state index in [1.165, 1.54) is 31.2 Å². The maximum Gasteiger partial charge on any atom is 0.277 e. The Kier molecular flexibility index (Phi) is 3.61. The number of hydrogen-bond donors (Lipinski definition) is 0. The molecule has 0 bridgehead atoms. The molecular weight excluding hydrogens is 259 g/mol. The van der Waals surface area contributed by atoms with Crippen LogP contribution < -0.4 is 5.11 Å². The molecule has 0 spiro atoms. The molecule has 0 aliphatic rings. The number of benzene rings is 1. The Hall–Kier alpha value is -1.89. The molecule has 1 heterocycles. The van der Waals surface area contributed by atoms with Crippen molar-refractivity contribution in [3.63, 3.8) is 0 Å². The summed E-state index contributed by atoms with van der Waals surface area (Å²) in [6, 6.07) is 5.55. The molecule has 0 fully saturated rings. The van der Waals surface area contributed by atoms with Crippen LogP contribution in [0.1, 0.15) is 6.92 Å². The van der Waals surface area contributed by atoms with E-state index in [2.05, 4.69) is 10.2 Å². The highest BCUT2D eigenvalue weighted by Crippen LogP contribution is 2.25. The lowest BCUT2D eigenvalue weighted by Gasteiger charge is -2.07. The predicted octanol–water partition coefficient (Wildman–Crippen LogP) is 1.11. The number of nitrogens with zero attached hydrogens (tertiary/aromatic N) is 2. The monoisotopic (exact) mass is 267 g/mol. The SMILES string of the molecule is C[C@@H](Sc1nnc(-c2ccc(F)cc2)o1)C(=O)[O-]. The predicted molar refractivity (Wildman–Crippen MR) is 60.0 cm³/mol. The van der Waals surface area contributed by atoms with Crippen LogP contribution in [0.15, 0.2) is 33.9 Å². The summed E-state index contributed by atoms with van der Waals surface area (Å²) in [6.07, 6.45) is 0. The third kappa shape index (κ3) is 2.86. The number of carboxylic acid groups (broad SMARTS) is 1. The third-order valence-corrected chi connectivity index (χ3v) is 3.02. The number of halogens is 1. The Balaban J connectivity index is 2.15. The molecular formula is C11H8FN2O3S-. The minimum absolute atomic E-state index is 0.131. The molecule has 0 N–H and O–H groups in total. The zero-order chi connectivity index (χ0) is 13.1. The Morgan fingerprint density at radius 3 is 2.67 bits per heavy atom. The van der Waals surface area contributed by atoms with Crippen molar-refractivity contribution in [3.8, 4) is 11.5 Å². The molecule has 0 saturated carbocycles. The molecule has 2 rings (SSSR count). The summed E-state index contributed by atoms with van der Waals surface area (Å²) in [4.78, 5) is 10.6. The van der Waals surface area contributed by atoms with Crippen molar-refractivity contribution in [1.82, 2.24) is 10.2 Å². The van der Waals surface area contributed by atoms with Gasteiger partial charge < -0.3 is 14.3 Å². The lowest BCUT2D eigenvalue weighted by atomic mass is 10.2. The largest absolute Gasteiger partial charge is 0.549 e. The molecule has 7 heteroatoms. The molecule has 0 unspecified atom stereocenters. The van der Waals surface area contributed by atoms with Crippen molar-refractivity contribution in [2.75, 3.05) is 0 Å². The first-order valence-corrected chi connectivity index (χ1v) is 5.91. The molecule has 5 nitrogen and oxygen atoms in total. The highest BCUT2D eigenvalue weighted by atomic mass is 32.2. The van der Waals surface area contributed by atoms with Crippen LogP contribution in [0.5, 0.6) is 0 Å². The van der Waals surface area contributed by atoms with Gasteiger partial charge in [-0.2, -0.15) is 0 Å². The standard InChI is InChI=1S/C11H9FN2O3S/c1-6(10(15)16)18-11-14-13-9(17-11)7-2-4-8(12)5-3-7/h2-6H,1H3,(H,15,16)/p-1/t6-/m1/s1. The molecule has 0 saturated heterocycles. The van der Waals surface area contributed by atoms with E-state index in [1.54, 1.807) is 0 Å². The van der Waals surface area contributed by atoms with E-state index in [-0.39, 0.29) is 16.9 Å². The van der Waals surface area contributed by atoms with Gasteiger partial charge in [0.1, 0.15) is 5.82 Å². The summed E-state index contributed by atoms with van der Waals surface area (Å²) < 4.78 is 18.0. The summed E-state index contributed by atoms with van der Waals surface area (Å²) in [7, 11) is 0. The fourth-order valence-corrected chi connectivity index (χ4v) is 1.78. The maximum absolute atomic E-state index is 12.7. The van der Waals surface area contributed by atoms with E-state index < -0.39 is 11.2 Å². The lowest BCUT2D eigenvalue weighted by Crippen LogP contribution is -2.31. The van der Waals surface area contributed by atoms with E-state index in [0.29, 0.717) is 5.56 Å². The van der Waals surface area contributed by atoms with Crippen LogP contribution in [0, 0.1) is 5.82 Å². The molecule has 2 aromatic rings. The highest BCUT2D eigenvalue weighted by Gasteiger charge is 2.13. The van der Waals surface area contributed by atoms with Gasteiger partial charge in [-0.3, -0.25) is 0 Å². The number of aromatic nitrogens is 2. The van der Waals surface area contributed by atoms with E-state index in [9.17, 15) is 14.3 Å². The topological polar surface area (TPSA) is 79.0 Å². The van der Waals surface area contributed by atoms with Crippen molar-refractivity contribution < 1.29 is 18.7 Å². The Morgan fingerprint density at radius 1 is 1.39 bits per heavy atom.